The second kappa shape index (κ2) is 8.49. The molecule has 2 aromatic rings. The molecule has 0 aliphatic carbocycles. The number of rotatable bonds is 6. The molecular weight excluding hydrogens is 365 g/mol. The summed E-state index contributed by atoms with van der Waals surface area (Å²) in [6, 6.07) is 4.54. The van der Waals surface area contributed by atoms with Crippen LogP contribution in [-0.2, 0) is 10.9 Å². The van der Waals surface area contributed by atoms with E-state index >= 15 is 0 Å². The summed E-state index contributed by atoms with van der Waals surface area (Å²) in [7, 11) is 0. The van der Waals surface area contributed by atoms with Crippen molar-refractivity contribution < 1.29 is 32.1 Å². The Morgan fingerprint density at radius 2 is 2.04 bits per heavy atom. The standard InChI is InChI=1S/C17H19F3N4O3/c18-17(19,20)13-4-1-3-12(11-13)14-22-16(27-23-14)15(25)21-5-2-6-24-7-9-26-10-8-24/h1,3-4,11H,2,5-10H2,(H,21,25)/p+1. The number of carbonyl (C=O) groups is 1. The first-order valence-corrected chi connectivity index (χ1v) is 8.64. The van der Waals surface area contributed by atoms with E-state index in [0.29, 0.717) is 6.54 Å². The van der Waals surface area contributed by atoms with Crippen molar-refractivity contribution in [1.82, 2.24) is 15.5 Å². The van der Waals surface area contributed by atoms with Gasteiger partial charge in [0.25, 0.3) is 0 Å². The molecule has 0 spiro atoms. The third kappa shape index (κ3) is 5.27. The zero-order valence-corrected chi connectivity index (χ0v) is 14.5. The number of quaternary nitrogens is 1. The maximum Gasteiger partial charge on any atom is 0.416 e. The van der Waals surface area contributed by atoms with Crippen molar-refractivity contribution in [3.63, 3.8) is 0 Å². The van der Waals surface area contributed by atoms with Gasteiger partial charge in [0.15, 0.2) is 0 Å². The molecule has 1 aromatic carbocycles. The maximum absolute atomic E-state index is 12.8. The monoisotopic (exact) mass is 385 g/mol. The fourth-order valence-electron chi connectivity index (χ4n) is 2.79. The Morgan fingerprint density at radius 3 is 2.78 bits per heavy atom. The Balaban J connectivity index is 1.53. The van der Waals surface area contributed by atoms with Crippen molar-refractivity contribution in [1.29, 1.82) is 0 Å². The van der Waals surface area contributed by atoms with Crippen molar-refractivity contribution in [2.24, 2.45) is 0 Å². The third-order valence-electron chi connectivity index (χ3n) is 4.26. The number of nitrogens with one attached hydrogen (secondary N) is 2. The molecule has 2 heterocycles. The quantitative estimate of drug-likeness (QED) is 0.719. The van der Waals surface area contributed by atoms with Crippen LogP contribution in [0.25, 0.3) is 11.4 Å². The molecular formula is C17H20F3N4O3+. The van der Waals surface area contributed by atoms with Gasteiger partial charge in [0.2, 0.25) is 5.82 Å². The molecule has 27 heavy (non-hydrogen) atoms. The Hall–Kier alpha value is -2.46. The lowest BCUT2D eigenvalue weighted by atomic mass is 10.1. The summed E-state index contributed by atoms with van der Waals surface area (Å²) in [5, 5.41) is 6.28. The second-order valence-corrected chi connectivity index (χ2v) is 6.22. The number of morpholine rings is 1. The number of benzene rings is 1. The highest BCUT2D eigenvalue weighted by atomic mass is 19.4. The molecule has 0 unspecified atom stereocenters. The van der Waals surface area contributed by atoms with Crippen LogP contribution in [0, 0.1) is 0 Å². The largest absolute Gasteiger partial charge is 0.416 e. The van der Waals surface area contributed by atoms with Gasteiger partial charge in [-0.05, 0) is 12.1 Å². The molecule has 146 valence electrons. The van der Waals surface area contributed by atoms with E-state index in [1.54, 1.807) is 0 Å². The molecule has 1 aliphatic rings. The van der Waals surface area contributed by atoms with E-state index in [-0.39, 0.29) is 17.3 Å². The molecule has 0 radical (unpaired) electrons. The van der Waals surface area contributed by atoms with Crippen LogP contribution >= 0.6 is 0 Å². The molecule has 0 atom stereocenters. The highest BCUT2D eigenvalue weighted by Crippen LogP contribution is 2.31. The Labute approximate surface area is 153 Å². The van der Waals surface area contributed by atoms with Gasteiger partial charge in [0.1, 0.15) is 13.1 Å². The summed E-state index contributed by atoms with van der Waals surface area (Å²) in [6.45, 7) is 4.79. The fraction of sp³-hybridized carbons (Fsp3) is 0.471. The minimum absolute atomic E-state index is 0.0657. The molecule has 0 saturated carbocycles. The first-order valence-electron chi connectivity index (χ1n) is 8.64. The SMILES string of the molecule is O=C(NCCC[NH+]1CCOCC1)c1nc(-c2cccc(C(F)(F)F)c2)no1. The van der Waals surface area contributed by atoms with E-state index in [0.717, 1.165) is 51.4 Å². The van der Waals surface area contributed by atoms with E-state index in [1.165, 1.54) is 17.0 Å². The Kier molecular flexibility index (Phi) is 6.07. The van der Waals surface area contributed by atoms with E-state index in [2.05, 4.69) is 15.5 Å². The Bertz CT molecular complexity index is 773. The second-order valence-electron chi connectivity index (χ2n) is 6.22. The van der Waals surface area contributed by atoms with E-state index < -0.39 is 17.6 Å². The number of aromatic nitrogens is 2. The van der Waals surface area contributed by atoms with Gasteiger partial charge in [-0.2, -0.15) is 18.2 Å². The third-order valence-corrected chi connectivity index (χ3v) is 4.26. The predicted octanol–water partition coefficient (Wildman–Crippen LogP) is 0.790. The summed E-state index contributed by atoms with van der Waals surface area (Å²) in [5.41, 5.74) is -0.690. The van der Waals surface area contributed by atoms with Crippen molar-refractivity contribution >= 4 is 5.91 Å². The topological polar surface area (TPSA) is 81.7 Å². The average Bonchev–Trinajstić information content (AvgIpc) is 3.16. The van der Waals surface area contributed by atoms with Crippen LogP contribution in [0.3, 0.4) is 0 Å². The van der Waals surface area contributed by atoms with E-state index in [1.807, 2.05) is 0 Å². The summed E-state index contributed by atoms with van der Waals surface area (Å²) < 4.78 is 48.5. The minimum atomic E-state index is -4.47. The van der Waals surface area contributed by atoms with Crippen molar-refractivity contribution in [2.45, 2.75) is 12.6 Å². The lowest BCUT2D eigenvalue weighted by Gasteiger charge is -2.23. The number of hydrogen-bond donors (Lipinski definition) is 2. The smallest absolute Gasteiger partial charge is 0.370 e. The number of halogens is 3. The Morgan fingerprint density at radius 1 is 1.26 bits per heavy atom. The fourth-order valence-corrected chi connectivity index (χ4v) is 2.79. The van der Waals surface area contributed by atoms with Gasteiger partial charge in [-0.3, -0.25) is 4.79 Å². The van der Waals surface area contributed by atoms with Crippen molar-refractivity contribution in [3.05, 3.63) is 35.7 Å². The van der Waals surface area contributed by atoms with Gasteiger partial charge in [-0.1, -0.05) is 17.3 Å². The van der Waals surface area contributed by atoms with Crippen LogP contribution in [0.4, 0.5) is 13.2 Å². The van der Waals surface area contributed by atoms with Crippen LogP contribution in [0.1, 0.15) is 22.7 Å². The lowest BCUT2D eigenvalue weighted by molar-refractivity contribution is -0.908. The van der Waals surface area contributed by atoms with Gasteiger partial charge in [0.05, 0.1) is 25.3 Å². The van der Waals surface area contributed by atoms with Crippen molar-refractivity contribution in [3.8, 4) is 11.4 Å². The number of hydrogen-bond acceptors (Lipinski definition) is 5. The molecule has 0 bridgehead atoms. The number of ether oxygens (including phenoxy) is 1. The molecule has 1 fully saturated rings. The van der Waals surface area contributed by atoms with Crippen LogP contribution in [0.5, 0.6) is 0 Å². The van der Waals surface area contributed by atoms with Crippen LogP contribution in [0.2, 0.25) is 0 Å². The molecule has 1 aliphatic heterocycles. The number of carbonyl (C=O) groups excluding carboxylic acids is 1. The molecule has 7 nitrogen and oxygen atoms in total. The number of amides is 1. The molecule has 3 rings (SSSR count). The van der Waals surface area contributed by atoms with Crippen LogP contribution in [0.15, 0.2) is 28.8 Å². The summed E-state index contributed by atoms with van der Waals surface area (Å²) in [5.74, 6) is -0.886. The molecule has 10 heteroatoms. The first kappa shape index (κ1) is 19.3. The van der Waals surface area contributed by atoms with Crippen LogP contribution < -0.4 is 10.2 Å². The van der Waals surface area contributed by atoms with E-state index in [9.17, 15) is 18.0 Å². The summed E-state index contributed by atoms with van der Waals surface area (Å²) in [6.07, 6.45) is -3.68. The highest BCUT2D eigenvalue weighted by molar-refractivity contribution is 5.89. The average molecular weight is 385 g/mol. The molecule has 1 aromatic heterocycles. The molecule has 1 amide bonds. The van der Waals surface area contributed by atoms with Crippen LogP contribution in [-0.4, -0.2) is 55.4 Å². The van der Waals surface area contributed by atoms with Gasteiger partial charge in [-0.25, -0.2) is 0 Å². The van der Waals surface area contributed by atoms with Crippen molar-refractivity contribution in [2.75, 3.05) is 39.4 Å². The summed E-state index contributed by atoms with van der Waals surface area (Å²) in [4.78, 5) is 17.4. The lowest BCUT2D eigenvalue weighted by Crippen LogP contribution is -3.14. The normalized spacial score (nSPS) is 15.7. The molecule has 1 saturated heterocycles. The van der Waals surface area contributed by atoms with Gasteiger partial charge < -0.3 is 19.5 Å². The van der Waals surface area contributed by atoms with Gasteiger partial charge in [-0.15, -0.1) is 0 Å². The first-order chi connectivity index (χ1) is 12.9. The molecule has 2 N–H and O–H groups in total. The van der Waals surface area contributed by atoms with Gasteiger partial charge in [0, 0.05) is 18.5 Å². The zero-order chi connectivity index (χ0) is 19.3. The summed E-state index contributed by atoms with van der Waals surface area (Å²) >= 11 is 0. The maximum atomic E-state index is 12.8. The van der Waals surface area contributed by atoms with Gasteiger partial charge >= 0.3 is 18.0 Å². The zero-order valence-electron chi connectivity index (χ0n) is 14.5. The minimum Gasteiger partial charge on any atom is -0.370 e. The predicted molar refractivity (Wildman–Crippen MR) is 88.1 cm³/mol. The number of nitrogens with zero attached hydrogens (tertiary/aromatic N) is 2. The highest BCUT2D eigenvalue weighted by Gasteiger charge is 2.31. The van der Waals surface area contributed by atoms with E-state index in [4.69, 9.17) is 9.26 Å². The number of alkyl halides is 3.